The summed E-state index contributed by atoms with van der Waals surface area (Å²) in [5.41, 5.74) is 1.55. The van der Waals surface area contributed by atoms with Gasteiger partial charge in [0.2, 0.25) is 5.91 Å². The topological polar surface area (TPSA) is 49.3 Å². The van der Waals surface area contributed by atoms with Gasteiger partial charge in [0.15, 0.2) is 0 Å². The molecule has 0 bridgehead atoms. The van der Waals surface area contributed by atoms with Gasteiger partial charge >= 0.3 is 0 Å². The van der Waals surface area contributed by atoms with Gasteiger partial charge in [0.25, 0.3) is 0 Å². The van der Waals surface area contributed by atoms with Gasteiger partial charge in [-0.25, -0.2) is 0 Å². The monoisotopic (exact) mass is 379 g/mol. The molecule has 27 heavy (non-hydrogen) atoms. The zero-order chi connectivity index (χ0) is 20.5. The smallest absolute Gasteiger partial charge is 0.220 e. The molecule has 0 rings (SSSR count). The van der Waals surface area contributed by atoms with Crippen molar-refractivity contribution in [2.24, 2.45) is 5.92 Å². The molecule has 0 aliphatic carbocycles. The van der Waals surface area contributed by atoms with E-state index in [4.69, 9.17) is 0 Å². The number of carbonyl (C=O) groups excluding carboxylic acids is 1. The Labute approximate surface area is 168 Å². The first-order valence-electron chi connectivity index (χ1n) is 11.2. The minimum atomic E-state index is -0.311. The maximum absolute atomic E-state index is 12.0. The van der Waals surface area contributed by atoms with Crippen LogP contribution >= 0.6 is 0 Å². The van der Waals surface area contributed by atoms with Gasteiger partial charge in [0.05, 0.1) is 6.04 Å². The maximum Gasteiger partial charge on any atom is 0.220 e. The Morgan fingerprint density at radius 2 is 1.59 bits per heavy atom. The third-order valence-electron chi connectivity index (χ3n) is 4.97. The molecule has 0 radical (unpaired) electrons. The Morgan fingerprint density at radius 1 is 1.00 bits per heavy atom. The number of aliphatic hydroxyl groups is 1. The molecule has 0 heterocycles. The molecule has 3 heteroatoms. The highest BCUT2D eigenvalue weighted by atomic mass is 16.3. The van der Waals surface area contributed by atoms with E-state index < -0.39 is 0 Å². The molecule has 1 atom stereocenters. The lowest BCUT2D eigenvalue weighted by molar-refractivity contribution is -0.122. The van der Waals surface area contributed by atoms with E-state index in [0.29, 0.717) is 12.3 Å². The Bertz CT molecular complexity index is 426. The van der Waals surface area contributed by atoms with Crippen molar-refractivity contribution in [2.75, 3.05) is 0 Å². The van der Waals surface area contributed by atoms with Crippen LogP contribution in [-0.4, -0.2) is 17.1 Å². The van der Waals surface area contributed by atoms with E-state index >= 15 is 0 Å². The van der Waals surface area contributed by atoms with Crippen LogP contribution < -0.4 is 5.32 Å². The second-order valence-corrected chi connectivity index (χ2v) is 8.41. The van der Waals surface area contributed by atoms with Crippen LogP contribution in [-0.2, 0) is 4.79 Å². The second kappa shape index (κ2) is 16.9. The lowest BCUT2D eigenvalue weighted by Gasteiger charge is -2.19. The summed E-state index contributed by atoms with van der Waals surface area (Å²) in [6.45, 7) is 12.2. The van der Waals surface area contributed by atoms with E-state index in [2.05, 4.69) is 45.7 Å². The summed E-state index contributed by atoms with van der Waals surface area (Å²) in [6, 6.07) is -0.311. The van der Waals surface area contributed by atoms with Crippen molar-refractivity contribution in [1.29, 1.82) is 0 Å². The molecule has 0 aromatic heterocycles. The van der Waals surface area contributed by atoms with E-state index in [9.17, 15) is 9.90 Å². The molecule has 2 N–H and O–H groups in total. The fraction of sp³-hybridized carbons (Fsp3) is 0.792. The fourth-order valence-electron chi connectivity index (χ4n) is 3.26. The van der Waals surface area contributed by atoms with Crippen LogP contribution in [0.3, 0.4) is 0 Å². The first kappa shape index (κ1) is 25.8. The molecule has 0 fully saturated rings. The van der Waals surface area contributed by atoms with Crippen molar-refractivity contribution in [2.45, 2.75) is 117 Å². The predicted octanol–water partition coefficient (Wildman–Crippen LogP) is 7.24. The Balaban J connectivity index is 3.67. The largest absolute Gasteiger partial charge is 0.511 e. The molecule has 0 aromatic carbocycles. The lowest BCUT2D eigenvalue weighted by atomic mass is 10.0. The molecular weight excluding hydrogens is 334 g/mol. The second-order valence-electron chi connectivity index (χ2n) is 8.41. The number of allylic oxidation sites excluding steroid dienone is 2. The average Bonchev–Trinajstić information content (AvgIpc) is 2.60. The van der Waals surface area contributed by atoms with Crippen molar-refractivity contribution in [1.82, 2.24) is 5.32 Å². The number of carbonyl (C=O) groups is 1. The van der Waals surface area contributed by atoms with Gasteiger partial charge in [0.1, 0.15) is 5.76 Å². The van der Waals surface area contributed by atoms with Crippen LogP contribution in [0.15, 0.2) is 24.0 Å². The third kappa shape index (κ3) is 16.6. The lowest BCUT2D eigenvalue weighted by Crippen LogP contribution is -2.36. The SMILES string of the molecule is C=C(O)C(CC(C)C)NC(=O)CCCCCCC/C=C(/C)CCCCCC. The molecule has 0 spiro atoms. The molecular formula is C24H45NO2. The van der Waals surface area contributed by atoms with E-state index in [1.807, 2.05) is 0 Å². The quantitative estimate of drug-likeness (QED) is 0.159. The Morgan fingerprint density at radius 3 is 2.22 bits per heavy atom. The first-order chi connectivity index (χ1) is 12.9. The van der Waals surface area contributed by atoms with Gasteiger partial charge in [-0.05, 0) is 51.4 Å². The summed E-state index contributed by atoms with van der Waals surface area (Å²) in [5.74, 6) is 0.497. The van der Waals surface area contributed by atoms with Gasteiger partial charge in [-0.1, -0.05) is 77.5 Å². The molecule has 0 aliphatic heterocycles. The molecule has 0 aliphatic rings. The zero-order valence-electron chi connectivity index (χ0n) is 18.5. The number of hydrogen-bond donors (Lipinski definition) is 2. The summed E-state index contributed by atoms with van der Waals surface area (Å²) in [7, 11) is 0. The van der Waals surface area contributed by atoms with Gasteiger partial charge < -0.3 is 10.4 Å². The van der Waals surface area contributed by atoms with Gasteiger partial charge in [-0.15, -0.1) is 0 Å². The Kier molecular flexibility index (Phi) is 16.1. The predicted molar refractivity (Wildman–Crippen MR) is 118 cm³/mol. The van der Waals surface area contributed by atoms with E-state index in [1.54, 1.807) is 5.57 Å². The van der Waals surface area contributed by atoms with Crippen LogP contribution in [0.2, 0.25) is 0 Å². The highest BCUT2D eigenvalue weighted by Gasteiger charge is 2.16. The molecule has 1 amide bonds. The Hall–Kier alpha value is -1.25. The third-order valence-corrected chi connectivity index (χ3v) is 4.97. The molecule has 1 unspecified atom stereocenters. The maximum atomic E-state index is 12.0. The highest BCUT2D eigenvalue weighted by Crippen LogP contribution is 2.14. The average molecular weight is 380 g/mol. The van der Waals surface area contributed by atoms with E-state index in [0.717, 1.165) is 19.3 Å². The van der Waals surface area contributed by atoms with Crippen LogP contribution in [0.1, 0.15) is 111 Å². The van der Waals surface area contributed by atoms with Crippen molar-refractivity contribution in [3.63, 3.8) is 0 Å². The number of hydrogen-bond acceptors (Lipinski definition) is 2. The molecule has 3 nitrogen and oxygen atoms in total. The first-order valence-corrected chi connectivity index (χ1v) is 11.2. The van der Waals surface area contributed by atoms with Crippen molar-refractivity contribution < 1.29 is 9.90 Å². The minimum Gasteiger partial charge on any atom is -0.511 e. The number of rotatable bonds is 17. The zero-order valence-corrected chi connectivity index (χ0v) is 18.5. The summed E-state index contributed by atoms with van der Waals surface area (Å²) in [6.07, 6.45) is 17.2. The number of unbranched alkanes of at least 4 members (excludes halogenated alkanes) is 8. The fourth-order valence-corrected chi connectivity index (χ4v) is 3.26. The normalized spacial score (nSPS) is 13.0. The van der Waals surface area contributed by atoms with Crippen LogP contribution in [0.4, 0.5) is 0 Å². The minimum absolute atomic E-state index is 0.0254. The van der Waals surface area contributed by atoms with Gasteiger partial charge in [0, 0.05) is 6.42 Å². The summed E-state index contributed by atoms with van der Waals surface area (Å²) >= 11 is 0. The number of aliphatic hydroxyl groups excluding tert-OH is 1. The van der Waals surface area contributed by atoms with Crippen LogP contribution in [0, 0.1) is 5.92 Å². The number of nitrogens with one attached hydrogen (secondary N) is 1. The number of amides is 1. The molecule has 0 aromatic rings. The van der Waals surface area contributed by atoms with E-state index in [1.165, 1.54) is 57.8 Å². The van der Waals surface area contributed by atoms with E-state index in [-0.39, 0.29) is 17.7 Å². The summed E-state index contributed by atoms with van der Waals surface area (Å²) < 4.78 is 0. The molecule has 158 valence electrons. The van der Waals surface area contributed by atoms with Crippen LogP contribution in [0.5, 0.6) is 0 Å². The molecule has 0 saturated carbocycles. The van der Waals surface area contributed by atoms with Gasteiger partial charge in [-0.3, -0.25) is 4.79 Å². The van der Waals surface area contributed by atoms with Crippen molar-refractivity contribution in [3.05, 3.63) is 24.0 Å². The standard InChI is InChI=1S/C24H45NO2/c1-6-7-8-13-16-21(4)17-14-11-9-10-12-15-18-24(27)25-23(22(5)26)19-20(2)3/h17,20,23,26H,5-16,18-19H2,1-4H3,(H,25,27)/b21-17-. The van der Waals surface area contributed by atoms with Gasteiger partial charge in [-0.2, -0.15) is 0 Å². The molecule has 0 saturated heterocycles. The van der Waals surface area contributed by atoms with Crippen molar-refractivity contribution in [3.8, 4) is 0 Å². The highest BCUT2D eigenvalue weighted by molar-refractivity contribution is 5.76. The van der Waals surface area contributed by atoms with Crippen LogP contribution in [0.25, 0.3) is 0 Å². The van der Waals surface area contributed by atoms with Crippen molar-refractivity contribution >= 4 is 5.91 Å². The summed E-state index contributed by atoms with van der Waals surface area (Å²) in [5, 5.41) is 12.5. The summed E-state index contributed by atoms with van der Waals surface area (Å²) in [4.78, 5) is 12.0.